The molecule has 1 rings (SSSR count). The third-order valence-corrected chi connectivity index (χ3v) is 3.16. The number of benzene rings is 1. The van der Waals surface area contributed by atoms with Crippen molar-refractivity contribution in [2.75, 3.05) is 13.7 Å². The minimum atomic E-state index is -1.01. The Bertz CT molecular complexity index is 511. The molecular weight excluding hydrogens is 288 g/mol. The van der Waals surface area contributed by atoms with E-state index in [0.717, 1.165) is 6.08 Å². The van der Waals surface area contributed by atoms with Gasteiger partial charge >= 0.3 is 5.97 Å². The van der Waals surface area contributed by atoms with Crippen LogP contribution in [-0.2, 0) is 9.53 Å². The summed E-state index contributed by atoms with van der Waals surface area (Å²) in [7, 11) is 1.45. The zero-order chi connectivity index (χ0) is 16.5. The molecule has 1 aromatic carbocycles. The van der Waals surface area contributed by atoms with E-state index in [4.69, 9.17) is 14.6 Å². The fraction of sp³-hybridized carbons (Fsp3) is 0.438. The number of hydrogen-bond donors (Lipinski definition) is 3. The summed E-state index contributed by atoms with van der Waals surface area (Å²) in [5.41, 5.74) is 0.513. The smallest absolute Gasteiger partial charge is 0.327 e. The Morgan fingerprint density at radius 1 is 1.41 bits per heavy atom. The van der Waals surface area contributed by atoms with Crippen LogP contribution >= 0.6 is 0 Å². The molecule has 3 N–H and O–H groups in total. The lowest BCUT2D eigenvalue weighted by molar-refractivity contribution is -0.131. The van der Waals surface area contributed by atoms with Crippen LogP contribution < -0.4 is 4.74 Å². The Balaban J connectivity index is 2.77. The number of aliphatic carboxylic acids is 1. The molecule has 0 amide bonds. The van der Waals surface area contributed by atoms with Crippen LogP contribution in [0.2, 0.25) is 0 Å². The Morgan fingerprint density at radius 3 is 2.68 bits per heavy atom. The Hall–Kier alpha value is -2.05. The molecule has 1 aromatic rings. The van der Waals surface area contributed by atoms with Crippen LogP contribution in [0, 0.1) is 0 Å². The van der Waals surface area contributed by atoms with Gasteiger partial charge in [-0.05, 0) is 37.5 Å². The molecule has 0 aliphatic carbocycles. The highest BCUT2D eigenvalue weighted by atomic mass is 16.5. The number of carboxylic acid groups (broad SMARTS) is 1. The molecule has 6 heteroatoms. The molecule has 6 nitrogen and oxygen atoms in total. The van der Waals surface area contributed by atoms with Gasteiger partial charge in [0.05, 0.1) is 13.2 Å². The third kappa shape index (κ3) is 5.38. The summed E-state index contributed by atoms with van der Waals surface area (Å²) in [5, 5.41) is 28.7. The Morgan fingerprint density at radius 2 is 2.14 bits per heavy atom. The molecule has 2 atom stereocenters. The monoisotopic (exact) mass is 310 g/mol. The first-order chi connectivity index (χ1) is 10.5. The molecule has 22 heavy (non-hydrogen) atoms. The van der Waals surface area contributed by atoms with Crippen molar-refractivity contribution < 1.29 is 29.6 Å². The van der Waals surface area contributed by atoms with Gasteiger partial charge in [0, 0.05) is 12.7 Å². The van der Waals surface area contributed by atoms with E-state index in [1.165, 1.54) is 19.3 Å². The molecule has 122 valence electrons. The number of carboxylic acids is 1. The number of rotatable bonds is 9. The van der Waals surface area contributed by atoms with Crippen molar-refractivity contribution in [3.8, 4) is 11.5 Å². The number of allylic oxidation sites excluding steroid dienone is 1. The van der Waals surface area contributed by atoms with Crippen LogP contribution in [0.4, 0.5) is 0 Å². The van der Waals surface area contributed by atoms with Gasteiger partial charge < -0.3 is 24.8 Å². The number of hydrogen-bond acceptors (Lipinski definition) is 5. The third-order valence-electron chi connectivity index (χ3n) is 3.16. The number of aliphatic hydroxyl groups excluding tert-OH is 1. The normalized spacial score (nSPS) is 14.0. The van der Waals surface area contributed by atoms with E-state index in [9.17, 15) is 15.0 Å². The first-order valence-corrected chi connectivity index (χ1v) is 7.05. The van der Waals surface area contributed by atoms with Crippen LogP contribution in [0.3, 0.4) is 0 Å². The molecule has 0 bridgehead atoms. The topological polar surface area (TPSA) is 96.2 Å². The van der Waals surface area contributed by atoms with Crippen LogP contribution in [0.25, 0.3) is 0 Å². The molecule has 0 unspecified atom stereocenters. The van der Waals surface area contributed by atoms with Gasteiger partial charge in [-0.25, -0.2) is 4.79 Å². The van der Waals surface area contributed by atoms with Crippen molar-refractivity contribution >= 4 is 5.97 Å². The molecule has 0 aliphatic heterocycles. The summed E-state index contributed by atoms with van der Waals surface area (Å²) in [4.78, 5) is 10.4. The summed E-state index contributed by atoms with van der Waals surface area (Å²) in [6.45, 7) is 2.24. The number of aliphatic hydroxyl groups is 1. The van der Waals surface area contributed by atoms with E-state index < -0.39 is 18.2 Å². The molecule has 0 spiro atoms. The number of aromatic hydroxyl groups is 1. The largest absolute Gasteiger partial charge is 0.504 e. The highest BCUT2D eigenvalue weighted by Gasteiger charge is 2.21. The molecule has 0 heterocycles. The number of ether oxygens (including phenoxy) is 2. The van der Waals surface area contributed by atoms with E-state index in [1.54, 1.807) is 12.1 Å². The SMILES string of the molecule is CCO[C@H](CC/C=C/C(=O)O)[C@H](O)c1ccc(OC)c(O)c1. The van der Waals surface area contributed by atoms with E-state index in [1.807, 2.05) is 6.92 Å². The number of methoxy groups -OCH3 is 1. The minimum absolute atomic E-state index is 0.0555. The van der Waals surface area contributed by atoms with Crippen LogP contribution in [0.1, 0.15) is 31.4 Å². The van der Waals surface area contributed by atoms with Crippen LogP contribution in [0.15, 0.2) is 30.4 Å². The molecule has 0 saturated heterocycles. The summed E-state index contributed by atoms with van der Waals surface area (Å²) in [6.07, 6.45) is 2.11. The van der Waals surface area contributed by atoms with Crippen molar-refractivity contribution in [1.82, 2.24) is 0 Å². The van der Waals surface area contributed by atoms with Crippen LogP contribution in [0.5, 0.6) is 11.5 Å². The fourth-order valence-corrected chi connectivity index (χ4v) is 2.10. The highest BCUT2D eigenvalue weighted by molar-refractivity contribution is 5.79. The maximum atomic E-state index is 10.4. The van der Waals surface area contributed by atoms with Crippen molar-refractivity contribution in [1.29, 1.82) is 0 Å². The minimum Gasteiger partial charge on any atom is -0.504 e. The maximum absolute atomic E-state index is 10.4. The summed E-state index contributed by atoms with van der Waals surface area (Å²) < 4.78 is 10.5. The van der Waals surface area contributed by atoms with Gasteiger partial charge in [-0.2, -0.15) is 0 Å². The average Bonchev–Trinajstić information content (AvgIpc) is 2.49. The van der Waals surface area contributed by atoms with E-state index in [2.05, 4.69) is 0 Å². The molecular formula is C16H22O6. The van der Waals surface area contributed by atoms with Crippen molar-refractivity contribution in [2.24, 2.45) is 0 Å². The Kier molecular flexibility index (Phi) is 7.42. The Labute approximate surface area is 129 Å². The molecule has 0 radical (unpaired) electrons. The lowest BCUT2D eigenvalue weighted by Gasteiger charge is -2.23. The number of phenolic OH excluding ortho intramolecular Hbond substituents is 1. The first-order valence-electron chi connectivity index (χ1n) is 7.05. The van der Waals surface area contributed by atoms with Gasteiger partial charge in [0.1, 0.15) is 6.10 Å². The number of phenols is 1. The second-order valence-electron chi connectivity index (χ2n) is 4.69. The molecule has 0 aromatic heterocycles. The van der Waals surface area contributed by atoms with Crippen LogP contribution in [-0.4, -0.2) is 41.1 Å². The van der Waals surface area contributed by atoms with Gasteiger partial charge in [-0.3, -0.25) is 0 Å². The zero-order valence-corrected chi connectivity index (χ0v) is 12.7. The lowest BCUT2D eigenvalue weighted by atomic mass is 10.00. The van der Waals surface area contributed by atoms with Crippen molar-refractivity contribution in [3.05, 3.63) is 35.9 Å². The summed E-state index contributed by atoms with van der Waals surface area (Å²) in [5.74, 6) is -0.734. The molecule has 0 aliphatic rings. The van der Waals surface area contributed by atoms with Gasteiger partial charge in [0.25, 0.3) is 0 Å². The van der Waals surface area contributed by atoms with E-state index >= 15 is 0 Å². The predicted octanol–water partition coefficient (Wildman–Crippen LogP) is 2.26. The van der Waals surface area contributed by atoms with Gasteiger partial charge in [-0.15, -0.1) is 0 Å². The second-order valence-corrected chi connectivity index (χ2v) is 4.69. The van der Waals surface area contributed by atoms with E-state index in [0.29, 0.717) is 30.8 Å². The first kappa shape index (κ1) is 18.0. The molecule has 0 fully saturated rings. The van der Waals surface area contributed by atoms with Crippen molar-refractivity contribution in [3.63, 3.8) is 0 Å². The highest BCUT2D eigenvalue weighted by Crippen LogP contribution is 2.31. The van der Waals surface area contributed by atoms with Gasteiger partial charge in [-0.1, -0.05) is 12.1 Å². The van der Waals surface area contributed by atoms with Gasteiger partial charge in [0.15, 0.2) is 11.5 Å². The second kappa shape index (κ2) is 9.07. The summed E-state index contributed by atoms with van der Waals surface area (Å²) in [6, 6.07) is 4.66. The summed E-state index contributed by atoms with van der Waals surface area (Å²) >= 11 is 0. The zero-order valence-electron chi connectivity index (χ0n) is 12.7. The lowest BCUT2D eigenvalue weighted by Crippen LogP contribution is -2.22. The fourth-order valence-electron chi connectivity index (χ4n) is 2.10. The maximum Gasteiger partial charge on any atom is 0.327 e. The van der Waals surface area contributed by atoms with Crippen molar-refractivity contribution in [2.45, 2.75) is 32.0 Å². The molecule has 0 saturated carbocycles. The average molecular weight is 310 g/mol. The number of carbonyl (C=O) groups is 1. The predicted molar refractivity (Wildman–Crippen MR) is 81.0 cm³/mol. The quantitative estimate of drug-likeness (QED) is 0.605. The van der Waals surface area contributed by atoms with Gasteiger partial charge in [0.2, 0.25) is 0 Å². The standard InChI is InChI=1S/C16H22O6/c1-3-22-14(6-4-5-7-15(18)19)16(20)11-8-9-13(21-2)12(17)10-11/h5,7-10,14,16-17,20H,3-4,6H2,1-2H3,(H,18,19)/b7-5+/t14-,16-/m1/s1. The van der Waals surface area contributed by atoms with E-state index in [-0.39, 0.29) is 5.75 Å².